The predicted octanol–water partition coefficient (Wildman–Crippen LogP) is 2.91. The molecule has 30 heavy (non-hydrogen) atoms. The maximum atomic E-state index is 12.9. The van der Waals surface area contributed by atoms with Crippen LogP contribution in [0.3, 0.4) is 0 Å². The molecule has 3 rings (SSSR count). The number of carbonyl (C=O) groups is 1. The number of benzene rings is 2. The molecule has 0 unspecified atom stereocenters. The molecule has 1 amide bonds. The third-order valence-electron chi connectivity index (χ3n) is 4.79. The fourth-order valence-corrected chi connectivity index (χ4v) is 4.39. The zero-order chi connectivity index (χ0) is 21.8. The van der Waals surface area contributed by atoms with Gasteiger partial charge in [0, 0.05) is 31.9 Å². The largest absolute Gasteiger partial charge is 0.416 e. The highest BCUT2D eigenvalue weighted by Crippen LogP contribution is 2.31. The van der Waals surface area contributed by atoms with Crippen LogP contribution >= 0.6 is 0 Å². The van der Waals surface area contributed by atoms with Gasteiger partial charge < -0.3 is 10.6 Å². The van der Waals surface area contributed by atoms with Gasteiger partial charge in [-0.1, -0.05) is 18.2 Å². The Bertz CT molecular complexity index is 996. The minimum atomic E-state index is -4.46. The van der Waals surface area contributed by atoms with Crippen LogP contribution < -0.4 is 10.6 Å². The summed E-state index contributed by atoms with van der Waals surface area (Å²) in [6, 6.07) is 11.3. The highest BCUT2D eigenvalue weighted by molar-refractivity contribution is 7.91. The third kappa shape index (κ3) is 5.96. The lowest BCUT2D eigenvalue weighted by atomic mass is 10.1. The summed E-state index contributed by atoms with van der Waals surface area (Å²) in [5.74, 6) is -0.134. The standard InChI is InChI=1S/C20H22F3N3O3S/c21-20(22,23)15-4-3-5-16(14-15)25-18-7-2-1-6-17(18)19(27)24-8-9-26-10-12-30(28,29)13-11-26/h1-7,14,25H,8-13H2,(H,24,27). The van der Waals surface area contributed by atoms with E-state index in [0.29, 0.717) is 37.4 Å². The van der Waals surface area contributed by atoms with Gasteiger partial charge in [0.25, 0.3) is 5.91 Å². The third-order valence-corrected chi connectivity index (χ3v) is 6.40. The summed E-state index contributed by atoms with van der Waals surface area (Å²) in [7, 11) is -2.96. The van der Waals surface area contributed by atoms with E-state index < -0.39 is 21.6 Å². The van der Waals surface area contributed by atoms with Gasteiger partial charge in [0.05, 0.1) is 28.3 Å². The molecule has 0 saturated carbocycles. The number of sulfone groups is 1. The summed E-state index contributed by atoms with van der Waals surface area (Å²) >= 11 is 0. The van der Waals surface area contributed by atoms with Gasteiger partial charge in [0.2, 0.25) is 0 Å². The maximum Gasteiger partial charge on any atom is 0.416 e. The number of anilines is 2. The molecule has 2 aromatic carbocycles. The highest BCUT2D eigenvalue weighted by Gasteiger charge is 2.30. The molecule has 10 heteroatoms. The van der Waals surface area contributed by atoms with Gasteiger partial charge >= 0.3 is 6.18 Å². The predicted molar refractivity (Wildman–Crippen MR) is 109 cm³/mol. The van der Waals surface area contributed by atoms with Crippen LogP contribution in [0.15, 0.2) is 48.5 Å². The molecule has 1 aliphatic rings. The number of carbonyl (C=O) groups excluding carboxylic acids is 1. The number of hydrogen-bond acceptors (Lipinski definition) is 5. The van der Waals surface area contributed by atoms with Crippen molar-refractivity contribution >= 4 is 27.1 Å². The van der Waals surface area contributed by atoms with Crippen LogP contribution in [-0.2, 0) is 16.0 Å². The molecule has 0 atom stereocenters. The lowest BCUT2D eigenvalue weighted by molar-refractivity contribution is -0.137. The fraction of sp³-hybridized carbons (Fsp3) is 0.350. The van der Waals surface area contributed by atoms with E-state index in [1.54, 1.807) is 24.3 Å². The molecule has 0 radical (unpaired) electrons. The topological polar surface area (TPSA) is 78.5 Å². The lowest BCUT2D eigenvalue weighted by Crippen LogP contribution is -2.43. The van der Waals surface area contributed by atoms with E-state index in [-0.39, 0.29) is 23.1 Å². The van der Waals surface area contributed by atoms with Crippen molar-refractivity contribution in [1.29, 1.82) is 0 Å². The molecular formula is C20H22F3N3O3S. The molecule has 2 N–H and O–H groups in total. The van der Waals surface area contributed by atoms with Crippen molar-refractivity contribution in [2.45, 2.75) is 6.18 Å². The highest BCUT2D eigenvalue weighted by atomic mass is 32.2. The fourth-order valence-electron chi connectivity index (χ4n) is 3.12. The molecule has 1 fully saturated rings. The molecule has 0 aliphatic carbocycles. The first-order valence-electron chi connectivity index (χ1n) is 9.38. The molecule has 1 aliphatic heterocycles. The van der Waals surface area contributed by atoms with Crippen molar-refractivity contribution in [3.8, 4) is 0 Å². The van der Waals surface area contributed by atoms with Crippen LogP contribution in [0.4, 0.5) is 24.5 Å². The van der Waals surface area contributed by atoms with Crippen molar-refractivity contribution < 1.29 is 26.4 Å². The van der Waals surface area contributed by atoms with Crippen molar-refractivity contribution in [2.24, 2.45) is 0 Å². The second-order valence-corrected chi connectivity index (χ2v) is 9.30. The zero-order valence-electron chi connectivity index (χ0n) is 16.1. The normalized spacial score (nSPS) is 16.8. The smallest absolute Gasteiger partial charge is 0.355 e. The quantitative estimate of drug-likeness (QED) is 0.721. The summed E-state index contributed by atoms with van der Waals surface area (Å²) in [5.41, 5.74) is 0.132. The number of amides is 1. The average molecular weight is 441 g/mol. The van der Waals surface area contributed by atoms with Crippen molar-refractivity contribution in [2.75, 3.05) is 43.0 Å². The van der Waals surface area contributed by atoms with E-state index in [0.717, 1.165) is 12.1 Å². The van der Waals surface area contributed by atoms with Gasteiger partial charge in [-0.3, -0.25) is 9.69 Å². The molecule has 0 spiro atoms. The maximum absolute atomic E-state index is 12.9. The second kappa shape index (κ2) is 9.05. The molecule has 2 aromatic rings. The Morgan fingerprint density at radius 2 is 1.73 bits per heavy atom. The zero-order valence-corrected chi connectivity index (χ0v) is 16.9. The lowest BCUT2D eigenvalue weighted by Gasteiger charge is -2.26. The van der Waals surface area contributed by atoms with Crippen LogP contribution in [0.2, 0.25) is 0 Å². The summed E-state index contributed by atoms with van der Waals surface area (Å²) in [6.45, 7) is 1.72. The van der Waals surface area contributed by atoms with Crippen LogP contribution in [0.25, 0.3) is 0 Å². The first-order valence-corrected chi connectivity index (χ1v) is 11.2. The minimum Gasteiger partial charge on any atom is -0.355 e. The Balaban J connectivity index is 1.61. The van der Waals surface area contributed by atoms with E-state index in [1.165, 1.54) is 12.1 Å². The minimum absolute atomic E-state index is 0.116. The SMILES string of the molecule is O=C(NCCN1CCS(=O)(=O)CC1)c1ccccc1Nc1cccc(C(F)(F)F)c1. The number of nitrogens with one attached hydrogen (secondary N) is 2. The van der Waals surface area contributed by atoms with E-state index in [2.05, 4.69) is 10.6 Å². The Hall–Kier alpha value is -2.59. The summed E-state index contributed by atoms with van der Waals surface area (Å²) < 4.78 is 61.7. The molecule has 162 valence electrons. The van der Waals surface area contributed by atoms with Gasteiger partial charge in [-0.15, -0.1) is 0 Å². The Labute approximate surface area is 173 Å². The first kappa shape index (κ1) is 22.1. The van der Waals surface area contributed by atoms with E-state index in [1.807, 2.05) is 4.90 Å². The van der Waals surface area contributed by atoms with Crippen LogP contribution in [0.1, 0.15) is 15.9 Å². The van der Waals surface area contributed by atoms with E-state index in [9.17, 15) is 26.4 Å². The number of rotatable bonds is 6. The Morgan fingerprint density at radius 1 is 1.03 bits per heavy atom. The van der Waals surface area contributed by atoms with Crippen LogP contribution in [0.5, 0.6) is 0 Å². The first-order chi connectivity index (χ1) is 14.1. The van der Waals surface area contributed by atoms with Crippen molar-refractivity contribution in [3.05, 3.63) is 59.7 Å². The van der Waals surface area contributed by atoms with Gasteiger partial charge in [-0.25, -0.2) is 8.42 Å². The Morgan fingerprint density at radius 3 is 2.43 bits per heavy atom. The summed E-state index contributed by atoms with van der Waals surface area (Å²) in [4.78, 5) is 14.5. The molecule has 0 aromatic heterocycles. The van der Waals surface area contributed by atoms with Gasteiger partial charge in [-0.2, -0.15) is 13.2 Å². The van der Waals surface area contributed by atoms with E-state index in [4.69, 9.17) is 0 Å². The van der Waals surface area contributed by atoms with Gasteiger partial charge in [0.15, 0.2) is 9.84 Å². The van der Waals surface area contributed by atoms with Gasteiger partial charge in [0.1, 0.15) is 0 Å². The number of alkyl halides is 3. The number of para-hydroxylation sites is 1. The van der Waals surface area contributed by atoms with Gasteiger partial charge in [-0.05, 0) is 30.3 Å². The Kier molecular flexibility index (Phi) is 6.67. The molecule has 0 bridgehead atoms. The molecule has 6 nitrogen and oxygen atoms in total. The second-order valence-electron chi connectivity index (χ2n) is 7.00. The number of halogens is 3. The summed E-state index contributed by atoms with van der Waals surface area (Å²) in [6.07, 6.45) is -4.46. The summed E-state index contributed by atoms with van der Waals surface area (Å²) in [5, 5.41) is 5.66. The monoisotopic (exact) mass is 441 g/mol. The average Bonchev–Trinajstić information content (AvgIpc) is 2.69. The number of nitrogens with zero attached hydrogens (tertiary/aromatic N) is 1. The van der Waals surface area contributed by atoms with Crippen LogP contribution in [-0.4, -0.2) is 56.9 Å². The molecule has 1 saturated heterocycles. The molecular weight excluding hydrogens is 419 g/mol. The van der Waals surface area contributed by atoms with Crippen molar-refractivity contribution in [3.63, 3.8) is 0 Å². The van der Waals surface area contributed by atoms with E-state index >= 15 is 0 Å². The number of hydrogen-bond donors (Lipinski definition) is 2. The molecule has 1 heterocycles. The van der Waals surface area contributed by atoms with Crippen molar-refractivity contribution in [1.82, 2.24) is 10.2 Å². The van der Waals surface area contributed by atoms with Crippen LogP contribution in [0, 0.1) is 0 Å².